The second-order valence-corrected chi connectivity index (χ2v) is 14.2. The van der Waals surface area contributed by atoms with Gasteiger partial charge < -0.3 is 9.47 Å². The van der Waals surface area contributed by atoms with E-state index in [1.54, 1.807) is 24.3 Å². The number of nitrogens with zero attached hydrogens (tertiary/aromatic N) is 1. The maximum Gasteiger partial charge on any atom is 0.343 e. The molecule has 2 aliphatic carbocycles. The molecule has 0 radical (unpaired) electrons. The van der Waals surface area contributed by atoms with Crippen LogP contribution in [0, 0.1) is 29.6 Å². The van der Waals surface area contributed by atoms with Gasteiger partial charge in [-0.3, -0.25) is 19.3 Å². The first-order valence-electron chi connectivity index (χ1n) is 13.4. The van der Waals surface area contributed by atoms with Crippen LogP contribution < -0.4 is 4.74 Å². The maximum absolute atomic E-state index is 13.5. The third-order valence-corrected chi connectivity index (χ3v) is 11.8. The summed E-state index contributed by atoms with van der Waals surface area (Å²) in [7, 11) is 0. The van der Waals surface area contributed by atoms with Crippen molar-refractivity contribution in [2.24, 2.45) is 29.6 Å². The lowest BCUT2D eigenvalue weighted by molar-refractivity contribution is -0.159. The molecule has 3 aliphatic rings. The molecule has 1 heterocycles. The zero-order valence-electron chi connectivity index (χ0n) is 22.3. The van der Waals surface area contributed by atoms with Crippen molar-refractivity contribution in [1.29, 1.82) is 0 Å². The molecule has 3 fully saturated rings. The molecule has 2 saturated carbocycles. The number of benzene rings is 2. The number of halogens is 3. The minimum absolute atomic E-state index is 0.00141. The number of hydrogen-bond donors (Lipinski definition) is 0. The fourth-order valence-corrected chi connectivity index (χ4v) is 8.35. The lowest BCUT2D eigenvalue weighted by atomic mass is 9.81. The van der Waals surface area contributed by atoms with Crippen molar-refractivity contribution in [3.63, 3.8) is 0 Å². The van der Waals surface area contributed by atoms with Gasteiger partial charge in [0, 0.05) is 19.7 Å². The summed E-state index contributed by atoms with van der Waals surface area (Å²) in [5, 5.41) is 0. The van der Waals surface area contributed by atoms with E-state index in [4.69, 9.17) is 9.47 Å². The zero-order valence-corrected chi connectivity index (χ0v) is 27.1. The molecule has 0 N–H and O–H groups in total. The van der Waals surface area contributed by atoms with Crippen LogP contribution in [-0.2, 0) is 19.1 Å². The Morgan fingerprint density at radius 3 is 1.95 bits per heavy atom. The van der Waals surface area contributed by atoms with E-state index < -0.39 is 42.2 Å². The number of fused-ring (bicyclic) bond motifs is 5. The highest BCUT2D eigenvalue weighted by Crippen LogP contribution is 2.60. The second kappa shape index (κ2) is 12.1. The van der Waals surface area contributed by atoms with E-state index in [1.165, 1.54) is 24.3 Å². The van der Waals surface area contributed by atoms with Crippen LogP contribution in [0.4, 0.5) is 0 Å². The number of carbonyl (C=O) groups excluding carboxylic acids is 5. The molecule has 7 unspecified atom stereocenters. The average molecular weight is 754 g/mol. The molecule has 41 heavy (non-hydrogen) atoms. The Balaban J connectivity index is 1.22. The maximum atomic E-state index is 13.5. The number of imide groups is 1. The molecule has 0 spiro atoms. The van der Waals surface area contributed by atoms with Crippen molar-refractivity contribution < 1.29 is 33.4 Å². The standard InChI is InChI=1S/C30H28Br3NO7/c1-14(2)11-21(34-27(36)23-19-12-20(24(23)28(34)37)26(33)25(19)32)30(39)40-13-22(35)15-5-9-18(10-6-15)41-29(38)16-3-7-17(31)8-4-16/h3-10,14,19-21,23-26H,11-13H2,1-2H3. The third kappa shape index (κ3) is 5.82. The van der Waals surface area contributed by atoms with Gasteiger partial charge in [0.15, 0.2) is 12.4 Å². The van der Waals surface area contributed by atoms with Crippen LogP contribution in [-0.4, -0.2) is 56.7 Å². The van der Waals surface area contributed by atoms with Gasteiger partial charge in [0.25, 0.3) is 0 Å². The topological polar surface area (TPSA) is 107 Å². The fraction of sp³-hybridized carbons (Fsp3) is 0.433. The van der Waals surface area contributed by atoms with Gasteiger partial charge in [-0.25, -0.2) is 9.59 Å². The largest absolute Gasteiger partial charge is 0.456 e. The minimum atomic E-state index is -1.09. The van der Waals surface area contributed by atoms with Crippen LogP contribution in [0.3, 0.4) is 0 Å². The summed E-state index contributed by atoms with van der Waals surface area (Å²) in [6.07, 6.45) is 1.04. The molecule has 8 nitrogen and oxygen atoms in total. The van der Waals surface area contributed by atoms with Crippen LogP contribution >= 0.6 is 47.8 Å². The number of esters is 2. The lowest BCUT2D eigenvalue weighted by Gasteiger charge is -2.28. The molecule has 2 aromatic carbocycles. The number of Topliss-reactive ketones (excluding diaryl/α,β-unsaturated/α-hetero) is 1. The minimum Gasteiger partial charge on any atom is -0.456 e. The summed E-state index contributed by atoms with van der Waals surface area (Å²) >= 11 is 10.7. The Morgan fingerprint density at radius 1 is 0.878 bits per heavy atom. The first-order valence-corrected chi connectivity index (χ1v) is 16.0. The van der Waals surface area contributed by atoms with E-state index >= 15 is 0 Å². The first-order chi connectivity index (χ1) is 19.5. The molecule has 2 amide bonds. The van der Waals surface area contributed by atoms with Gasteiger partial charge in [0.05, 0.1) is 17.4 Å². The van der Waals surface area contributed by atoms with Crippen LogP contribution in [0.2, 0.25) is 0 Å². The Hall–Kier alpha value is -2.37. The molecule has 2 bridgehead atoms. The summed E-state index contributed by atoms with van der Waals surface area (Å²) in [5.74, 6) is -2.97. The smallest absolute Gasteiger partial charge is 0.343 e. The number of rotatable bonds is 9. The van der Waals surface area contributed by atoms with E-state index in [9.17, 15) is 24.0 Å². The molecule has 1 aliphatic heterocycles. The third-order valence-electron chi connectivity index (χ3n) is 8.11. The van der Waals surface area contributed by atoms with E-state index in [-0.39, 0.29) is 57.0 Å². The molecule has 0 aromatic heterocycles. The molecular weight excluding hydrogens is 726 g/mol. The van der Waals surface area contributed by atoms with Gasteiger partial charge in [-0.2, -0.15) is 0 Å². The highest BCUT2D eigenvalue weighted by molar-refractivity contribution is 9.12. The summed E-state index contributed by atoms with van der Waals surface area (Å²) < 4.78 is 11.6. The Bertz CT molecular complexity index is 1350. The Kier molecular flexibility index (Phi) is 8.87. The van der Waals surface area contributed by atoms with E-state index in [0.29, 0.717) is 5.56 Å². The number of hydrogen-bond acceptors (Lipinski definition) is 7. The number of amides is 2. The van der Waals surface area contributed by atoms with Crippen molar-refractivity contribution in [2.45, 2.75) is 42.4 Å². The SMILES string of the molecule is CC(C)CC(C(=O)OCC(=O)c1ccc(OC(=O)c2ccc(Br)cc2)cc1)N1C(=O)C2C3CC(C(Br)C3Br)C2C1=O. The molecule has 2 aromatic rings. The number of ether oxygens (including phenoxy) is 2. The molecule has 11 heteroatoms. The van der Waals surface area contributed by atoms with Gasteiger partial charge in [0.2, 0.25) is 11.8 Å². The van der Waals surface area contributed by atoms with Crippen molar-refractivity contribution in [2.75, 3.05) is 6.61 Å². The van der Waals surface area contributed by atoms with Gasteiger partial charge in [-0.05, 0) is 79.1 Å². The monoisotopic (exact) mass is 751 g/mol. The Morgan fingerprint density at radius 2 is 1.41 bits per heavy atom. The summed E-state index contributed by atoms with van der Waals surface area (Å²) in [4.78, 5) is 66.7. The fourth-order valence-electron chi connectivity index (χ4n) is 6.21. The lowest BCUT2D eigenvalue weighted by Crippen LogP contribution is -2.48. The normalized spacial score (nSPS) is 27.2. The molecule has 7 atom stereocenters. The number of ketones is 1. The summed E-state index contributed by atoms with van der Waals surface area (Å²) in [6, 6.07) is 11.5. The summed E-state index contributed by atoms with van der Waals surface area (Å²) in [6.45, 7) is 3.25. The predicted octanol–water partition coefficient (Wildman–Crippen LogP) is 5.59. The van der Waals surface area contributed by atoms with Gasteiger partial charge >= 0.3 is 11.9 Å². The van der Waals surface area contributed by atoms with E-state index in [0.717, 1.165) is 15.8 Å². The van der Waals surface area contributed by atoms with Crippen LogP contribution in [0.1, 0.15) is 47.4 Å². The zero-order chi connectivity index (χ0) is 29.6. The quantitative estimate of drug-likeness (QED) is 0.108. The highest BCUT2D eigenvalue weighted by atomic mass is 79.9. The first kappa shape index (κ1) is 30.1. The van der Waals surface area contributed by atoms with Crippen LogP contribution in [0.5, 0.6) is 5.75 Å². The molecule has 5 rings (SSSR count). The van der Waals surface area contributed by atoms with E-state index in [2.05, 4.69) is 47.8 Å². The van der Waals surface area contributed by atoms with Gasteiger partial charge in [-0.1, -0.05) is 61.6 Å². The second-order valence-electron chi connectivity index (χ2n) is 11.1. The number of carbonyl (C=O) groups is 5. The number of alkyl halides is 2. The van der Waals surface area contributed by atoms with Crippen LogP contribution in [0.25, 0.3) is 0 Å². The summed E-state index contributed by atoms with van der Waals surface area (Å²) in [5.41, 5.74) is 0.634. The highest BCUT2D eigenvalue weighted by Gasteiger charge is 2.67. The molecule has 216 valence electrons. The van der Waals surface area contributed by atoms with Crippen molar-refractivity contribution in [1.82, 2.24) is 4.90 Å². The molecule has 1 saturated heterocycles. The van der Waals surface area contributed by atoms with Crippen LogP contribution in [0.15, 0.2) is 53.0 Å². The van der Waals surface area contributed by atoms with E-state index in [1.807, 2.05) is 13.8 Å². The van der Waals surface area contributed by atoms with Crippen molar-refractivity contribution in [3.8, 4) is 5.75 Å². The van der Waals surface area contributed by atoms with Gasteiger partial charge in [-0.15, -0.1) is 0 Å². The Labute approximate surface area is 262 Å². The van der Waals surface area contributed by atoms with Crippen molar-refractivity contribution >= 4 is 77.3 Å². The predicted molar refractivity (Wildman–Crippen MR) is 160 cm³/mol. The average Bonchev–Trinajstić information content (AvgIpc) is 3.55. The number of likely N-dealkylation sites (tertiary alicyclic amines) is 1. The molecular formula is C30H28Br3NO7. The van der Waals surface area contributed by atoms with Crippen molar-refractivity contribution in [3.05, 3.63) is 64.1 Å². The van der Waals surface area contributed by atoms with Gasteiger partial charge in [0.1, 0.15) is 11.8 Å².